The highest BCUT2D eigenvalue weighted by Crippen LogP contribution is 2.30. The van der Waals surface area contributed by atoms with Gasteiger partial charge in [0.15, 0.2) is 0 Å². The SMILES string of the molecule is CC(C(=O)Nc1ccccc1N1CCCC1=O)n1cc(CC2CNC2)nn1.O=C(O)C(F)(F)F. The second-order valence-corrected chi connectivity index (χ2v) is 8.05. The number of carbonyl (C=O) groups excluding carboxylic acids is 2. The number of carboxylic acid groups (broad SMARTS) is 1. The third kappa shape index (κ3) is 6.31. The highest BCUT2D eigenvalue weighted by atomic mass is 19.4. The second-order valence-electron chi connectivity index (χ2n) is 8.05. The van der Waals surface area contributed by atoms with Gasteiger partial charge >= 0.3 is 12.1 Å². The van der Waals surface area contributed by atoms with Gasteiger partial charge in [0.25, 0.3) is 0 Å². The number of carbonyl (C=O) groups is 3. The van der Waals surface area contributed by atoms with Crippen molar-refractivity contribution in [1.82, 2.24) is 20.3 Å². The van der Waals surface area contributed by atoms with Gasteiger partial charge in [0.05, 0.1) is 17.1 Å². The third-order valence-electron chi connectivity index (χ3n) is 5.47. The molecule has 2 aliphatic rings. The Bertz CT molecular complexity index is 1040. The minimum Gasteiger partial charge on any atom is -0.475 e. The number of halogens is 3. The van der Waals surface area contributed by atoms with Crippen molar-refractivity contribution in [1.29, 1.82) is 0 Å². The monoisotopic (exact) mass is 482 g/mol. The Labute approximate surface area is 193 Å². The van der Waals surface area contributed by atoms with E-state index in [1.54, 1.807) is 16.5 Å². The minimum absolute atomic E-state index is 0.0937. The van der Waals surface area contributed by atoms with Crippen molar-refractivity contribution in [3.05, 3.63) is 36.2 Å². The number of para-hydroxylation sites is 2. The van der Waals surface area contributed by atoms with Crippen molar-refractivity contribution >= 4 is 29.2 Å². The molecule has 0 bridgehead atoms. The summed E-state index contributed by atoms with van der Waals surface area (Å²) in [6, 6.07) is 6.92. The van der Waals surface area contributed by atoms with Crippen molar-refractivity contribution in [3.8, 4) is 0 Å². The van der Waals surface area contributed by atoms with Gasteiger partial charge in [-0.2, -0.15) is 13.2 Å². The molecule has 10 nitrogen and oxygen atoms in total. The highest BCUT2D eigenvalue weighted by Gasteiger charge is 2.38. The number of aliphatic carboxylic acids is 1. The number of hydrogen-bond acceptors (Lipinski definition) is 6. The fraction of sp³-hybridized carbons (Fsp3) is 0.476. The van der Waals surface area contributed by atoms with Crippen LogP contribution in [0.4, 0.5) is 24.5 Å². The number of nitrogens with zero attached hydrogens (tertiary/aromatic N) is 4. The van der Waals surface area contributed by atoms with Crippen molar-refractivity contribution < 1.29 is 32.7 Å². The maximum absolute atomic E-state index is 12.7. The summed E-state index contributed by atoms with van der Waals surface area (Å²) < 4.78 is 33.3. The standard InChI is InChI=1S/C19H24N6O2.C2HF3O2/c1-13(25-12-15(22-23-25)9-14-10-20-11-14)19(27)21-16-5-2-3-6-17(16)24-8-4-7-18(24)26;3-2(4,5)1(6)7/h2-3,5-6,12-14,20H,4,7-11H2,1H3,(H,21,27);(H,6,7). The molecule has 2 saturated heterocycles. The number of amides is 2. The molecule has 0 saturated carbocycles. The van der Waals surface area contributed by atoms with Gasteiger partial charge in [-0.05, 0) is 50.9 Å². The molecule has 0 radical (unpaired) electrons. The van der Waals surface area contributed by atoms with E-state index in [1.807, 2.05) is 30.5 Å². The topological polar surface area (TPSA) is 129 Å². The van der Waals surface area contributed by atoms with Crippen molar-refractivity contribution in [2.24, 2.45) is 5.92 Å². The number of aromatic nitrogens is 3. The Morgan fingerprint density at radius 1 is 1.29 bits per heavy atom. The minimum atomic E-state index is -5.08. The zero-order chi connectivity index (χ0) is 24.9. The molecule has 184 valence electrons. The molecule has 2 aliphatic heterocycles. The number of nitrogens with one attached hydrogen (secondary N) is 2. The number of hydrogen-bond donors (Lipinski definition) is 3. The maximum atomic E-state index is 12.7. The Kier molecular flexibility index (Phi) is 7.87. The predicted molar refractivity (Wildman–Crippen MR) is 115 cm³/mol. The first-order chi connectivity index (χ1) is 16.1. The van der Waals surface area contributed by atoms with E-state index in [9.17, 15) is 22.8 Å². The molecule has 0 spiro atoms. The fourth-order valence-corrected chi connectivity index (χ4v) is 3.46. The van der Waals surface area contributed by atoms with E-state index >= 15 is 0 Å². The number of anilines is 2. The Morgan fingerprint density at radius 2 is 1.97 bits per heavy atom. The molecule has 2 fully saturated rings. The van der Waals surface area contributed by atoms with Gasteiger partial charge in [-0.15, -0.1) is 5.10 Å². The van der Waals surface area contributed by atoms with Gasteiger partial charge < -0.3 is 20.6 Å². The molecule has 3 N–H and O–H groups in total. The summed E-state index contributed by atoms with van der Waals surface area (Å²) in [5.41, 5.74) is 2.30. The van der Waals surface area contributed by atoms with Crippen LogP contribution in [0.5, 0.6) is 0 Å². The van der Waals surface area contributed by atoms with Crippen LogP contribution >= 0.6 is 0 Å². The first kappa shape index (κ1) is 25.1. The van der Waals surface area contributed by atoms with Gasteiger partial charge in [0.2, 0.25) is 11.8 Å². The predicted octanol–water partition coefficient (Wildman–Crippen LogP) is 2.00. The van der Waals surface area contributed by atoms with Crippen LogP contribution in [0.2, 0.25) is 0 Å². The molecular formula is C21H25F3N6O4. The Balaban J connectivity index is 0.000000406. The van der Waals surface area contributed by atoms with E-state index in [-0.39, 0.29) is 11.8 Å². The molecule has 1 unspecified atom stereocenters. The summed E-state index contributed by atoms with van der Waals surface area (Å²) in [5.74, 6) is -2.25. The lowest BCUT2D eigenvalue weighted by molar-refractivity contribution is -0.192. The largest absolute Gasteiger partial charge is 0.490 e. The van der Waals surface area contributed by atoms with E-state index in [0.717, 1.165) is 37.3 Å². The molecule has 2 aromatic rings. The quantitative estimate of drug-likeness (QED) is 0.574. The van der Waals surface area contributed by atoms with Gasteiger partial charge in [-0.1, -0.05) is 17.3 Å². The molecular weight excluding hydrogens is 457 g/mol. The zero-order valence-electron chi connectivity index (χ0n) is 18.4. The maximum Gasteiger partial charge on any atom is 0.490 e. The summed E-state index contributed by atoms with van der Waals surface area (Å²) in [4.78, 5) is 35.5. The summed E-state index contributed by atoms with van der Waals surface area (Å²) in [5, 5.41) is 21.6. The fourth-order valence-electron chi connectivity index (χ4n) is 3.46. The molecule has 0 aliphatic carbocycles. The van der Waals surface area contributed by atoms with E-state index in [2.05, 4.69) is 20.9 Å². The zero-order valence-corrected chi connectivity index (χ0v) is 18.4. The van der Waals surface area contributed by atoms with Crippen LogP contribution in [0.15, 0.2) is 30.5 Å². The highest BCUT2D eigenvalue weighted by molar-refractivity contribution is 6.02. The summed E-state index contributed by atoms with van der Waals surface area (Å²) >= 11 is 0. The number of alkyl halides is 3. The van der Waals surface area contributed by atoms with Crippen LogP contribution in [-0.2, 0) is 20.8 Å². The van der Waals surface area contributed by atoms with Gasteiger partial charge in [-0.3, -0.25) is 9.59 Å². The van der Waals surface area contributed by atoms with Crippen LogP contribution in [-0.4, -0.2) is 63.7 Å². The lowest BCUT2D eigenvalue weighted by Crippen LogP contribution is -2.43. The Hall–Kier alpha value is -3.48. The number of benzene rings is 1. The number of rotatable bonds is 6. The second kappa shape index (κ2) is 10.6. The Morgan fingerprint density at radius 3 is 2.53 bits per heavy atom. The smallest absolute Gasteiger partial charge is 0.475 e. The van der Waals surface area contributed by atoms with E-state index in [4.69, 9.17) is 9.90 Å². The number of carboxylic acids is 1. The van der Waals surface area contributed by atoms with Crippen molar-refractivity contribution in [2.45, 2.75) is 38.4 Å². The average Bonchev–Trinajstić information content (AvgIpc) is 3.39. The molecule has 1 aromatic carbocycles. The van der Waals surface area contributed by atoms with Gasteiger partial charge in [0, 0.05) is 19.2 Å². The molecule has 1 atom stereocenters. The first-order valence-electron chi connectivity index (χ1n) is 10.7. The van der Waals surface area contributed by atoms with E-state index in [0.29, 0.717) is 24.6 Å². The van der Waals surface area contributed by atoms with Crippen LogP contribution in [0.3, 0.4) is 0 Å². The lowest BCUT2D eigenvalue weighted by atomic mass is 9.98. The molecule has 2 amide bonds. The summed E-state index contributed by atoms with van der Waals surface area (Å²) in [6.45, 7) is 4.50. The molecule has 13 heteroatoms. The summed E-state index contributed by atoms with van der Waals surface area (Å²) in [7, 11) is 0. The van der Waals surface area contributed by atoms with Crippen LogP contribution in [0.25, 0.3) is 0 Å². The molecule has 3 heterocycles. The van der Waals surface area contributed by atoms with Crippen LogP contribution in [0.1, 0.15) is 31.5 Å². The molecule has 4 rings (SSSR count). The molecule has 34 heavy (non-hydrogen) atoms. The lowest BCUT2D eigenvalue weighted by Gasteiger charge is -2.25. The third-order valence-corrected chi connectivity index (χ3v) is 5.47. The average molecular weight is 482 g/mol. The van der Waals surface area contributed by atoms with E-state index in [1.165, 1.54) is 0 Å². The summed E-state index contributed by atoms with van der Waals surface area (Å²) in [6.07, 6.45) is -0.966. The van der Waals surface area contributed by atoms with E-state index < -0.39 is 18.2 Å². The van der Waals surface area contributed by atoms with Gasteiger partial charge in [-0.25, -0.2) is 9.48 Å². The van der Waals surface area contributed by atoms with Gasteiger partial charge in [0.1, 0.15) is 6.04 Å². The van der Waals surface area contributed by atoms with Crippen molar-refractivity contribution in [3.63, 3.8) is 0 Å². The van der Waals surface area contributed by atoms with Crippen LogP contribution < -0.4 is 15.5 Å². The van der Waals surface area contributed by atoms with Crippen LogP contribution in [0, 0.1) is 5.92 Å². The normalized spacial score (nSPS) is 16.9. The molecule has 1 aromatic heterocycles. The van der Waals surface area contributed by atoms with Crippen molar-refractivity contribution in [2.75, 3.05) is 29.9 Å². The first-order valence-corrected chi connectivity index (χ1v) is 10.7.